The number of piperidine rings is 1. The molecule has 6 nitrogen and oxygen atoms in total. The normalized spacial score (nSPS) is 15.6. The Hall–Kier alpha value is -1.95. The van der Waals surface area contributed by atoms with Gasteiger partial charge in [-0.25, -0.2) is 0 Å². The Labute approximate surface area is 158 Å². The molecule has 1 aromatic carbocycles. The van der Waals surface area contributed by atoms with E-state index in [9.17, 15) is 0 Å². The molecule has 1 fully saturated rings. The van der Waals surface area contributed by atoms with E-state index in [-0.39, 0.29) is 0 Å². The van der Waals surface area contributed by atoms with Crippen molar-refractivity contribution in [3.8, 4) is 11.5 Å². The SMILES string of the molecule is CN=C(NCCCc1ccc(OC)c(OC)c1)NCCN1CCCCC1. The van der Waals surface area contributed by atoms with Crippen LogP contribution in [0.15, 0.2) is 23.2 Å². The van der Waals surface area contributed by atoms with Gasteiger partial charge in [-0.05, 0) is 56.5 Å². The zero-order valence-electron chi connectivity index (χ0n) is 16.5. The molecular formula is C20H34N4O2. The highest BCUT2D eigenvalue weighted by molar-refractivity contribution is 5.79. The minimum atomic E-state index is 0.771. The average molecular weight is 363 g/mol. The van der Waals surface area contributed by atoms with Crippen molar-refractivity contribution in [3.05, 3.63) is 23.8 Å². The maximum absolute atomic E-state index is 5.36. The van der Waals surface area contributed by atoms with Crippen molar-refractivity contribution in [2.75, 3.05) is 54.0 Å². The predicted molar refractivity (Wildman–Crippen MR) is 108 cm³/mol. The van der Waals surface area contributed by atoms with Crippen LogP contribution >= 0.6 is 0 Å². The first-order valence-electron chi connectivity index (χ1n) is 9.64. The van der Waals surface area contributed by atoms with Crippen LogP contribution in [0.25, 0.3) is 0 Å². The lowest BCUT2D eigenvalue weighted by molar-refractivity contribution is 0.232. The van der Waals surface area contributed by atoms with Crippen molar-refractivity contribution < 1.29 is 9.47 Å². The second-order valence-electron chi connectivity index (χ2n) is 6.62. The molecule has 0 atom stereocenters. The second-order valence-corrected chi connectivity index (χ2v) is 6.62. The van der Waals surface area contributed by atoms with Gasteiger partial charge in [0, 0.05) is 26.7 Å². The fourth-order valence-corrected chi connectivity index (χ4v) is 3.27. The number of rotatable bonds is 9. The number of likely N-dealkylation sites (tertiary alicyclic amines) is 1. The third kappa shape index (κ3) is 6.75. The summed E-state index contributed by atoms with van der Waals surface area (Å²) in [5, 5.41) is 6.80. The minimum Gasteiger partial charge on any atom is -0.493 e. The number of nitrogens with zero attached hydrogens (tertiary/aromatic N) is 2. The van der Waals surface area contributed by atoms with Crippen LogP contribution in [0.5, 0.6) is 11.5 Å². The van der Waals surface area contributed by atoms with E-state index in [2.05, 4.69) is 26.6 Å². The highest BCUT2D eigenvalue weighted by atomic mass is 16.5. The van der Waals surface area contributed by atoms with Crippen LogP contribution in [-0.2, 0) is 6.42 Å². The molecule has 0 bridgehead atoms. The maximum atomic E-state index is 5.36. The van der Waals surface area contributed by atoms with E-state index >= 15 is 0 Å². The number of hydrogen-bond donors (Lipinski definition) is 2. The summed E-state index contributed by atoms with van der Waals surface area (Å²) in [6.07, 6.45) is 6.07. The smallest absolute Gasteiger partial charge is 0.191 e. The zero-order chi connectivity index (χ0) is 18.6. The van der Waals surface area contributed by atoms with Crippen LogP contribution in [0.1, 0.15) is 31.2 Å². The van der Waals surface area contributed by atoms with Gasteiger partial charge < -0.3 is 25.0 Å². The molecule has 0 spiro atoms. The first kappa shape index (κ1) is 20.4. The third-order valence-electron chi connectivity index (χ3n) is 4.78. The summed E-state index contributed by atoms with van der Waals surface area (Å²) in [6.45, 7) is 5.39. The molecule has 2 rings (SSSR count). The third-order valence-corrected chi connectivity index (χ3v) is 4.78. The zero-order valence-corrected chi connectivity index (χ0v) is 16.5. The average Bonchev–Trinajstić information content (AvgIpc) is 2.70. The molecule has 0 amide bonds. The molecule has 146 valence electrons. The Morgan fingerprint density at radius 1 is 1.04 bits per heavy atom. The number of methoxy groups -OCH3 is 2. The van der Waals surface area contributed by atoms with Gasteiger partial charge in [0.1, 0.15) is 0 Å². The molecule has 1 aliphatic heterocycles. The fraction of sp³-hybridized carbons (Fsp3) is 0.650. The van der Waals surface area contributed by atoms with E-state index in [1.54, 1.807) is 14.2 Å². The minimum absolute atomic E-state index is 0.771. The molecule has 0 aliphatic carbocycles. The monoisotopic (exact) mass is 362 g/mol. The first-order valence-corrected chi connectivity index (χ1v) is 9.64. The summed E-state index contributed by atoms with van der Waals surface area (Å²) in [6, 6.07) is 6.10. The van der Waals surface area contributed by atoms with E-state index in [1.807, 2.05) is 19.2 Å². The standard InChI is InChI=1S/C20H34N4O2/c1-21-20(23-12-15-24-13-5-4-6-14-24)22-11-7-8-17-9-10-18(25-2)19(16-17)26-3/h9-10,16H,4-8,11-15H2,1-3H3,(H2,21,22,23). The lowest BCUT2D eigenvalue weighted by atomic mass is 10.1. The predicted octanol–water partition coefficient (Wildman–Crippen LogP) is 2.29. The Balaban J connectivity index is 1.64. The maximum Gasteiger partial charge on any atom is 0.191 e. The number of guanidine groups is 1. The summed E-state index contributed by atoms with van der Waals surface area (Å²) in [5.74, 6) is 2.44. The molecule has 1 saturated heterocycles. The molecule has 26 heavy (non-hydrogen) atoms. The fourth-order valence-electron chi connectivity index (χ4n) is 3.27. The van der Waals surface area contributed by atoms with Gasteiger partial charge in [-0.2, -0.15) is 0 Å². The molecule has 0 radical (unpaired) electrons. The van der Waals surface area contributed by atoms with Crippen LogP contribution in [0.2, 0.25) is 0 Å². The second kappa shape index (κ2) is 11.6. The number of ether oxygens (including phenoxy) is 2. The van der Waals surface area contributed by atoms with Crippen molar-refractivity contribution >= 4 is 5.96 Å². The van der Waals surface area contributed by atoms with Crippen LogP contribution in [0, 0.1) is 0 Å². The van der Waals surface area contributed by atoms with Gasteiger partial charge in [0.05, 0.1) is 14.2 Å². The summed E-state index contributed by atoms with van der Waals surface area (Å²) in [4.78, 5) is 6.83. The van der Waals surface area contributed by atoms with E-state index in [1.165, 1.54) is 37.9 Å². The van der Waals surface area contributed by atoms with E-state index in [0.717, 1.165) is 49.9 Å². The summed E-state index contributed by atoms with van der Waals surface area (Å²) < 4.78 is 10.6. The van der Waals surface area contributed by atoms with E-state index < -0.39 is 0 Å². The van der Waals surface area contributed by atoms with Gasteiger partial charge in [0.15, 0.2) is 17.5 Å². The topological polar surface area (TPSA) is 58.1 Å². The van der Waals surface area contributed by atoms with Gasteiger partial charge in [-0.15, -0.1) is 0 Å². The molecule has 1 aromatic rings. The van der Waals surface area contributed by atoms with Crippen molar-refractivity contribution in [2.45, 2.75) is 32.1 Å². The summed E-state index contributed by atoms with van der Waals surface area (Å²) in [5.41, 5.74) is 1.25. The van der Waals surface area contributed by atoms with Crippen LogP contribution in [-0.4, -0.2) is 64.9 Å². The Morgan fingerprint density at radius 2 is 1.77 bits per heavy atom. The van der Waals surface area contributed by atoms with Crippen LogP contribution in [0.4, 0.5) is 0 Å². The van der Waals surface area contributed by atoms with Crippen molar-refractivity contribution in [2.24, 2.45) is 4.99 Å². The highest BCUT2D eigenvalue weighted by Gasteiger charge is 2.09. The summed E-state index contributed by atoms with van der Waals surface area (Å²) in [7, 11) is 5.15. The molecule has 0 saturated carbocycles. The lowest BCUT2D eigenvalue weighted by Crippen LogP contribution is -2.42. The number of benzene rings is 1. The molecule has 1 aliphatic rings. The van der Waals surface area contributed by atoms with Crippen molar-refractivity contribution in [1.82, 2.24) is 15.5 Å². The molecule has 0 unspecified atom stereocenters. The van der Waals surface area contributed by atoms with Gasteiger partial charge >= 0.3 is 0 Å². The quantitative estimate of drug-likeness (QED) is 0.401. The Morgan fingerprint density at radius 3 is 2.46 bits per heavy atom. The van der Waals surface area contributed by atoms with Gasteiger partial charge in [0.25, 0.3) is 0 Å². The highest BCUT2D eigenvalue weighted by Crippen LogP contribution is 2.27. The number of aliphatic imine (C=N–C) groups is 1. The molecule has 1 heterocycles. The van der Waals surface area contributed by atoms with Gasteiger partial charge in [-0.3, -0.25) is 4.99 Å². The molecule has 0 aromatic heterocycles. The lowest BCUT2D eigenvalue weighted by Gasteiger charge is -2.26. The summed E-state index contributed by atoms with van der Waals surface area (Å²) >= 11 is 0. The number of aryl methyl sites for hydroxylation is 1. The molecule has 6 heteroatoms. The molecule has 2 N–H and O–H groups in total. The van der Waals surface area contributed by atoms with Crippen LogP contribution in [0.3, 0.4) is 0 Å². The largest absolute Gasteiger partial charge is 0.493 e. The Bertz CT molecular complexity index is 557. The van der Waals surface area contributed by atoms with Crippen LogP contribution < -0.4 is 20.1 Å². The van der Waals surface area contributed by atoms with Gasteiger partial charge in [0.2, 0.25) is 0 Å². The van der Waals surface area contributed by atoms with Crippen molar-refractivity contribution in [3.63, 3.8) is 0 Å². The molecular weight excluding hydrogens is 328 g/mol. The number of hydrogen-bond acceptors (Lipinski definition) is 4. The first-order chi connectivity index (χ1) is 12.8. The van der Waals surface area contributed by atoms with E-state index in [0.29, 0.717) is 0 Å². The number of nitrogens with one attached hydrogen (secondary N) is 2. The van der Waals surface area contributed by atoms with Crippen molar-refractivity contribution in [1.29, 1.82) is 0 Å². The Kier molecular flexibility index (Phi) is 9.10. The van der Waals surface area contributed by atoms with E-state index in [4.69, 9.17) is 9.47 Å². The van der Waals surface area contributed by atoms with Gasteiger partial charge in [-0.1, -0.05) is 12.5 Å².